The Morgan fingerprint density at radius 2 is 2.12 bits per heavy atom. The van der Waals surface area contributed by atoms with Crippen molar-refractivity contribution in [2.45, 2.75) is 25.4 Å². The molecule has 17 heavy (non-hydrogen) atoms. The fourth-order valence-electron chi connectivity index (χ4n) is 1.87. The Labute approximate surface area is 98.6 Å². The van der Waals surface area contributed by atoms with Crippen molar-refractivity contribution < 1.29 is 24.5 Å². The fourth-order valence-corrected chi connectivity index (χ4v) is 1.87. The molecule has 0 radical (unpaired) electrons. The van der Waals surface area contributed by atoms with Crippen molar-refractivity contribution in [3.05, 3.63) is 23.8 Å². The van der Waals surface area contributed by atoms with Gasteiger partial charge in [-0.3, -0.25) is 4.79 Å². The van der Waals surface area contributed by atoms with Gasteiger partial charge in [-0.25, -0.2) is 0 Å². The lowest BCUT2D eigenvalue weighted by Gasteiger charge is -2.18. The summed E-state index contributed by atoms with van der Waals surface area (Å²) in [6.45, 7) is 1.89. The zero-order valence-electron chi connectivity index (χ0n) is 9.42. The zero-order valence-corrected chi connectivity index (χ0v) is 9.42. The third-order valence-corrected chi connectivity index (χ3v) is 2.82. The van der Waals surface area contributed by atoms with Crippen molar-refractivity contribution in [2.75, 3.05) is 6.79 Å². The molecule has 92 valence electrons. The Balaban J connectivity index is 2.33. The summed E-state index contributed by atoms with van der Waals surface area (Å²) in [7, 11) is 0. The molecule has 2 rings (SSSR count). The van der Waals surface area contributed by atoms with Crippen LogP contribution in [-0.2, 0) is 4.79 Å². The Morgan fingerprint density at radius 3 is 2.76 bits per heavy atom. The van der Waals surface area contributed by atoms with E-state index in [1.165, 1.54) is 0 Å². The molecule has 0 spiro atoms. The molecule has 0 saturated carbocycles. The van der Waals surface area contributed by atoms with Crippen LogP contribution in [0, 0.1) is 0 Å². The summed E-state index contributed by atoms with van der Waals surface area (Å²) < 4.78 is 10.3. The van der Waals surface area contributed by atoms with Crippen LogP contribution < -0.4 is 9.47 Å². The summed E-state index contributed by atoms with van der Waals surface area (Å²) in [5.41, 5.74) is 0.524. The summed E-state index contributed by atoms with van der Waals surface area (Å²) in [6.07, 6.45) is -0.529. The standard InChI is InChI=1S/C12H14O5/c1-2-8(13)11(12(14)15)7-3-4-9-10(5-7)17-6-16-9/h3-5,8,11,13H,2,6H2,1H3,(H,14,15). The summed E-state index contributed by atoms with van der Waals surface area (Å²) in [4.78, 5) is 11.2. The van der Waals surface area contributed by atoms with Crippen LogP contribution >= 0.6 is 0 Å². The molecule has 0 aliphatic carbocycles. The lowest BCUT2D eigenvalue weighted by Crippen LogP contribution is -2.25. The van der Waals surface area contributed by atoms with Crippen molar-refractivity contribution in [2.24, 2.45) is 0 Å². The van der Waals surface area contributed by atoms with Gasteiger partial charge in [0.1, 0.15) is 5.92 Å². The van der Waals surface area contributed by atoms with Crippen LogP contribution in [0.2, 0.25) is 0 Å². The van der Waals surface area contributed by atoms with Gasteiger partial charge in [0.15, 0.2) is 11.5 Å². The van der Waals surface area contributed by atoms with Gasteiger partial charge in [-0.15, -0.1) is 0 Å². The highest BCUT2D eigenvalue weighted by Gasteiger charge is 2.28. The molecule has 0 aromatic heterocycles. The van der Waals surface area contributed by atoms with Gasteiger partial charge in [-0.05, 0) is 24.1 Å². The van der Waals surface area contributed by atoms with E-state index >= 15 is 0 Å². The minimum atomic E-state index is -1.04. The molecule has 2 atom stereocenters. The van der Waals surface area contributed by atoms with Gasteiger partial charge < -0.3 is 19.7 Å². The SMILES string of the molecule is CCC(O)C(C(=O)O)c1ccc2c(c1)OCO2. The van der Waals surface area contributed by atoms with Crippen molar-refractivity contribution in [1.29, 1.82) is 0 Å². The molecule has 1 aromatic rings. The van der Waals surface area contributed by atoms with E-state index in [4.69, 9.17) is 14.6 Å². The van der Waals surface area contributed by atoms with Gasteiger partial charge in [0.05, 0.1) is 6.10 Å². The molecule has 0 bridgehead atoms. The maximum absolute atomic E-state index is 11.2. The monoisotopic (exact) mass is 238 g/mol. The van der Waals surface area contributed by atoms with Crippen LogP contribution in [-0.4, -0.2) is 29.1 Å². The van der Waals surface area contributed by atoms with E-state index in [9.17, 15) is 9.90 Å². The van der Waals surface area contributed by atoms with Gasteiger partial charge in [0.25, 0.3) is 0 Å². The minimum Gasteiger partial charge on any atom is -0.481 e. The van der Waals surface area contributed by atoms with Crippen molar-refractivity contribution in [1.82, 2.24) is 0 Å². The minimum absolute atomic E-state index is 0.146. The van der Waals surface area contributed by atoms with Crippen LogP contribution in [0.3, 0.4) is 0 Å². The number of hydrogen-bond donors (Lipinski definition) is 2. The Morgan fingerprint density at radius 1 is 1.41 bits per heavy atom. The molecule has 1 heterocycles. The van der Waals surface area contributed by atoms with E-state index in [1.54, 1.807) is 25.1 Å². The highest BCUT2D eigenvalue weighted by Crippen LogP contribution is 2.35. The van der Waals surface area contributed by atoms with E-state index in [1.807, 2.05) is 0 Å². The van der Waals surface area contributed by atoms with E-state index in [0.29, 0.717) is 23.5 Å². The van der Waals surface area contributed by atoms with Crippen molar-refractivity contribution >= 4 is 5.97 Å². The molecule has 1 aliphatic heterocycles. The molecular weight excluding hydrogens is 224 g/mol. The van der Waals surface area contributed by atoms with Crippen molar-refractivity contribution in [3.8, 4) is 11.5 Å². The lowest BCUT2D eigenvalue weighted by molar-refractivity contribution is -0.141. The first-order chi connectivity index (χ1) is 8.13. The number of fused-ring (bicyclic) bond motifs is 1. The summed E-state index contributed by atoms with van der Waals surface area (Å²) in [5, 5.41) is 18.9. The number of carbonyl (C=O) groups is 1. The molecule has 2 unspecified atom stereocenters. The first-order valence-corrected chi connectivity index (χ1v) is 5.44. The van der Waals surface area contributed by atoms with E-state index in [-0.39, 0.29) is 6.79 Å². The van der Waals surface area contributed by atoms with E-state index in [0.717, 1.165) is 0 Å². The molecule has 5 heteroatoms. The average molecular weight is 238 g/mol. The summed E-state index contributed by atoms with van der Waals surface area (Å²) in [6, 6.07) is 4.92. The van der Waals surface area contributed by atoms with Crippen LogP contribution in [0.1, 0.15) is 24.8 Å². The zero-order chi connectivity index (χ0) is 12.4. The smallest absolute Gasteiger partial charge is 0.313 e. The molecule has 2 N–H and O–H groups in total. The maximum atomic E-state index is 11.2. The predicted molar refractivity (Wildman–Crippen MR) is 59.2 cm³/mol. The third kappa shape index (κ3) is 2.19. The fraction of sp³-hybridized carbons (Fsp3) is 0.417. The first kappa shape index (κ1) is 11.7. The Hall–Kier alpha value is -1.75. The quantitative estimate of drug-likeness (QED) is 0.828. The van der Waals surface area contributed by atoms with Crippen LogP contribution in [0.25, 0.3) is 0 Å². The number of aliphatic carboxylic acids is 1. The highest BCUT2D eigenvalue weighted by atomic mass is 16.7. The average Bonchev–Trinajstić information content (AvgIpc) is 2.75. The Kier molecular flexibility index (Phi) is 3.19. The molecular formula is C12H14O5. The van der Waals surface area contributed by atoms with Crippen LogP contribution in [0.5, 0.6) is 11.5 Å². The number of hydrogen-bond acceptors (Lipinski definition) is 4. The first-order valence-electron chi connectivity index (χ1n) is 5.44. The van der Waals surface area contributed by atoms with Gasteiger partial charge in [-0.1, -0.05) is 13.0 Å². The molecule has 5 nitrogen and oxygen atoms in total. The van der Waals surface area contributed by atoms with Crippen LogP contribution in [0.4, 0.5) is 0 Å². The molecule has 0 fully saturated rings. The Bertz CT molecular complexity index is 429. The normalized spacial score (nSPS) is 16.6. The lowest BCUT2D eigenvalue weighted by atomic mass is 9.92. The second-order valence-electron chi connectivity index (χ2n) is 3.90. The number of aliphatic hydroxyl groups is 1. The van der Waals surface area contributed by atoms with Gasteiger partial charge in [-0.2, -0.15) is 0 Å². The second kappa shape index (κ2) is 4.63. The van der Waals surface area contributed by atoms with Gasteiger partial charge >= 0.3 is 5.97 Å². The van der Waals surface area contributed by atoms with Gasteiger partial charge in [0.2, 0.25) is 6.79 Å². The number of carboxylic acids is 1. The maximum Gasteiger partial charge on any atom is 0.313 e. The largest absolute Gasteiger partial charge is 0.481 e. The third-order valence-electron chi connectivity index (χ3n) is 2.82. The van der Waals surface area contributed by atoms with E-state index < -0.39 is 18.0 Å². The highest BCUT2D eigenvalue weighted by molar-refractivity contribution is 5.77. The summed E-state index contributed by atoms with van der Waals surface area (Å²) in [5.74, 6) is -0.853. The number of aliphatic hydroxyl groups excluding tert-OH is 1. The molecule has 1 aliphatic rings. The predicted octanol–water partition coefficient (Wildman–Crippen LogP) is 1.35. The number of carboxylic acid groups (broad SMARTS) is 1. The molecule has 0 saturated heterocycles. The van der Waals surface area contributed by atoms with Crippen molar-refractivity contribution in [3.63, 3.8) is 0 Å². The number of ether oxygens (including phenoxy) is 2. The van der Waals surface area contributed by atoms with Gasteiger partial charge in [0, 0.05) is 0 Å². The number of benzene rings is 1. The topological polar surface area (TPSA) is 76.0 Å². The van der Waals surface area contributed by atoms with Crippen LogP contribution in [0.15, 0.2) is 18.2 Å². The number of rotatable bonds is 4. The second-order valence-corrected chi connectivity index (χ2v) is 3.90. The molecule has 1 aromatic carbocycles. The molecule has 0 amide bonds. The summed E-state index contributed by atoms with van der Waals surface area (Å²) >= 11 is 0. The van der Waals surface area contributed by atoms with E-state index in [2.05, 4.69) is 0 Å².